The Morgan fingerprint density at radius 1 is 0.792 bits per heavy atom. The van der Waals surface area contributed by atoms with Gasteiger partial charge in [0.1, 0.15) is 0 Å². The van der Waals surface area contributed by atoms with Crippen LogP contribution in [0.25, 0.3) is 0 Å². The predicted molar refractivity (Wildman–Crippen MR) is 82.8 cm³/mol. The molecule has 0 aromatic heterocycles. The Kier molecular flexibility index (Phi) is 4.20. The van der Waals surface area contributed by atoms with Crippen LogP contribution < -0.4 is 0 Å². The SMILES string of the molecule is O=C(ON1C(=O)CCC1=O)c1ccccc1C(=O)c1ccccc1. The fourth-order valence-corrected chi connectivity index (χ4v) is 2.39. The third-order valence-electron chi connectivity index (χ3n) is 3.61. The van der Waals surface area contributed by atoms with Crippen molar-refractivity contribution in [2.45, 2.75) is 12.8 Å². The van der Waals surface area contributed by atoms with Crippen molar-refractivity contribution < 1.29 is 24.0 Å². The molecule has 0 unspecified atom stereocenters. The van der Waals surface area contributed by atoms with Crippen LogP contribution >= 0.6 is 0 Å². The molecule has 2 amide bonds. The van der Waals surface area contributed by atoms with Gasteiger partial charge in [-0.25, -0.2) is 4.79 Å². The number of hydrogen-bond acceptors (Lipinski definition) is 5. The molecule has 6 nitrogen and oxygen atoms in total. The van der Waals surface area contributed by atoms with Crippen LogP contribution in [0.3, 0.4) is 0 Å². The molecule has 6 heteroatoms. The minimum atomic E-state index is -0.918. The normalized spacial score (nSPS) is 13.9. The van der Waals surface area contributed by atoms with E-state index >= 15 is 0 Å². The molecule has 2 aromatic carbocycles. The average Bonchev–Trinajstić information content (AvgIpc) is 2.93. The Balaban J connectivity index is 1.89. The first-order chi connectivity index (χ1) is 11.6. The first kappa shape index (κ1) is 15.6. The maximum absolute atomic E-state index is 12.6. The molecule has 0 saturated carbocycles. The number of hydroxylamine groups is 2. The first-order valence-electron chi connectivity index (χ1n) is 7.35. The molecule has 1 aliphatic rings. The zero-order valence-electron chi connectivity index (χ0n) is 12.6. The van der Waals surface area contributed by atoms with Crippen LogP contribution in [0, 0.1) is 0 Å². The number of carbonyl (C=O) groups excluding carboxylic acids is 4. The van der Waals surface area contributed by atoms with Gasteiger partial charge in [0.15, 0.2) is 5.78 Å². The minimum Gasteiger partial charge on any atom is -0.325 e. The molecule has 120 valence electrons. The van der Waals surface area contributed by atoms with Crippen molar-refractivity contribution in [3.8, 4) is 0 Å². The zero-order valence-corrected chi connectivity index (χ0v) is 12.6. The Hall–Kier alpha value is -3.28. The third-order valence-corrected chi connectivity index (χ3v) is 3.61. The fraction of sp³-hybridized carbons (Fsp3) is 0.111. The molecule has 1 heterocycles. The smallest absolute Gasteiger partial charge is 0.325 e. The molecular weight excluding hydrogens is 310 g/mol. The van der Waals surface area contributed by atoms with E-state index in [-0.39, 0.29) is 29.8 Å². The molecule has 3 rings (SSSR count). The maximum atomic E-state index is 12.6. The number of ketones is 1. The van der Waals surface area contributed by atoms with Gasteiger partial charge in [-0.1, -0.05) is 48.5 Å². The summed E-state index contributed by atoms with van der Waals surface area (Å²) in [5.41, 5.74) is 0.567. The van der Waals surface area contributed by atoms with Crippen molar-refractivity contribution in [1.82, 2.24) is 5.06 Å². The van der Waals surface area contributed by atoms with E-state index in [1.54, 1.807) is 42.5 Å². The molecule has 0 N–H and O–H groups in total. The molecule has 0 atom stereocenters. The van der Waals surface area contributed by atoms with E-state index in [0.717, 1.165) is 0 Å². The van der Waals surface area contributed by atoms with Crippen molar-refractivity contribution in [3.63, 3.8) is 0 Å². The lowest BCUT2D eigenvalue weighted by Crippen LogP contribution is -2.32. The van der Waals surface area contributed by atoms with Gasteiger partial charge >= 0.3 is 5.97 Å². The maximum Gasteiger partial charge on any atom is 0.364 e. The number of benzene rings is 2. The fourth-order valence-electron chi connectivity index (χ4n) is 2.39. The van der Waals surface area contributed by atoms with Gasteiger partial charge in [0.05, 0.1) is 5.56 Å². The summed E-state index contributed by atoms with van der Waals surface area (Å²) >= 11 is 0. The number of nitrogens with zero attached hydrogens (tertiary/aromatic N) is 1. The molecule has 0 radical (unpaired) electrons. The van der Waals surface area contributed by atoms with Gasteiger partial charge in [0, 0.05) is 24.0 Å². The standard InChI is InChI=1S/C18H13NO5/c20-15-10-11-16(21)19(15)24-18(23)14-9-5-4-8-13(14)17(22)12-6-2-1-3-7-12/h1-9H,10-11H2. The van der Waals surface area contributed by atoms with Gasteiger partial charge in [-0.05, 0) is 6.07 Å². The number of carbonyl (C=O) groups is 4. The highest BCUT2D eigenvalue weighted by Gasteiger charge is 2.34. The highest BCUT2D eigenvalue weighted by Crippen LogP contribution is 2.18. The van der Waals surface area contributed by atoms with Gasteiger partial charge in [0.2, 0.25) is 0 Å². The Morgan fingerprint density at radius 2 is 1.33 bits per heavy atom. The molecule has 1 aliphatic heterocycles. The van der Waals surface area contributed by atoms with Crippen LogP contribution in [-0.4, -0.2) is 28.6 Å². The Morgan fingerprint density at radius 3 is 1.96 bits per heavy atom. The van der Waals surface area contributed by atoms with Crippen molar-refractivity contribution in [2.75, 3.05) is 0 Å². The predicted octanol–water partition coefficient (Wildman–Crippen LogP) is 2.14. The average molecular weight is 323 g/mol. The van der Waals surface area contributed by atoms with E-state index in [1.165, 1.54) is 12.1 Å². The molecule has 1 fully saturated rings. The van der Waals surface area contributed by atoms with Crippen LogP contribution in [0.15, 0.2) is 54.6 Å². The van der Waals surface area contributed by atoms with Crippen LogP contribution in [-0.2, 0) is 14.4 Å². The zero-order chi connectivity index (χ0) is 17.1. The third kappa shape index (κ3) is 2.94. The lowest BCUT2D eigenvalue weighted by atomic mass is 9.98. The Bertz CT molecular complexity index is 812. The lowest BCUT2D eigenvalue weighted by molar-refractivity contribution is -0.172. The summed E-state index contributed by atoms with van der Waals surface area (Å²) in [4.78, 5) is 52.9. The van der Waals surface area contributed by atoms with Gasteiger partial charge < -0.3 is 4.84 Å². The molecule has 0 aliphatic carbocycles. The summed E-state index contributed by atoms with van der Waals surface area (Å²) in [6.45, 7) is 0. The molecular formula is C18H13NO5. The summed E-state index contributed by atoms with van der Waals surface area (Å²) < 4.78 is 0. The highest BCUT2D eigenvalue weighted by atomic mass is 16.7. The van der Waals surface area contributed by atoms with Crippen LogP contribution in [0.2, 0.25) is 0 Å². The second-order valence-corrected chi connectivity index (χ2v) is 5.20. The minimum absolute atomic E-state index is 0.00106. The first-order valence-corrected chi connectivity index (χ1v) is 7.35. The molecule has 24 heavy (non-hydrogen) atoms. The summed E-state index contributed by atoms with van der Waals surface area (Å²) in [5.74, 6) is -2.40. The monoisotopic (exact) mass is 323 g/mol. The van der Waals surface area contributed by atoms with E-state index in [9.17, 15) is 19.2 Å². The highest BCUT2D eigenvalue weighted by molar-refractivity contribution is 6.14. The topological polar surface area (TPSA) is 80.8 Å². The van der Waals surface area contributed by atoms with Gasteiger partial charge in [0.25, 0.3) is 11.8 Å². The van der Waals surface area contributed by atoms with E-state index in [0.29, 0.717) is 10.6 Å². The number of rotatable bonds is 4. The molecule has 0 spiro atoms. The van der Waals surface area contributed by atoms with Crippen LogP contribution in [0.1, 0.15) is 39.1 Å². The van der Waals surface area contributed by atoms with Crippen molar-refractivity contribution in [1.29, 1.82) is 0 Å². The summed E-state index contributed by atoms with van der Waals surface area (Å²) in [6.07, 6.45) is 0.0212. The van der Waals surface area contributed by atoms with Crippen molar-refractivity contribution >= 4 is 23.6 Å². The van der Waals surface area contributed by atoms with E-state index in [4.69, 9.17) is 4.84 Å². The van der Waals surface area contributed by atoms with Crippen molar-refractivity contribution in [3.05, 3.63) is 71.3 Å². The summed E-state index contributed by atoms with van der Waals surface area (Å²) in [7, 11) is 0. The van der Waals surface area contributed by atoms with Crippen LogP contribution in [0.5, 0.6) is 0 Å². The Labute approximate surface area is 137 Å². The lowest BCUT2D eigenvalue weighted by Gasteiger charge is -2.14. The number of hydrogen-bond donors (Lipinski definition) is 0. The van der Waals surface area contributed by atoms with E-state index in [2.05, 4.69) is 0 Å². The molecule has 0 bridgehead atoms. The second-order valence-electron chi connectivity index (χ2n) is 5.20. The van der Waals surface area contributed by atoms with Crippen molar-refractivity contribution in [2.24, 2.45) is 0 Å². The summed E-state index contributed by atoms with van der Waals surface area (Å²) in [6, 6.07) is 14.6. The largest absolute Gasteiger partial charge is 0.364 e. The molecule has 1 saturated heterocycles. The van der Waals surface area contributed by atoms with Gasteiger partial charge in [-0.3, -0.25) is 14.4 Å². The number of imide groups is 1. The number of amides is 2. The quantitative estimate of drug-likeness (QED) is 0.636. The van der Waals surface area contributed by atoms with E-state index < -0.39 is 17.8 Å². The summed E-state index contributed by atoms with van der Waals surface area (Å²) in [5, 5.41) is 0.464. The van der Waals surface area contributed by atoms with E-state index in [1.807, 2.05) is 0 Å². The van der Waals surface area contributed by atoms with Gasteiger partial charge in [-0.15, -0.1) is 5.06 Å². The molecule has 2 aromatic rings. The second kappa shape index (κ2) is 6.45. The van der Waals surface area contributed by atoms with Gasteiger partial charge in [-0.2, -0.15) is 0 Å². The van der Waals surface area contributed by atoms with Crippen LogP contribution in [0.4, 0.5) is 0 Å².